The summed E-state index contributed by atoms with van der Waals surface area (Å²) in [6, 6.07) is 0.385. The van der Waals surface area contributed by atoms with Gasteiger partial charge < -0.3 is 20.1 Å². The Kier molecular flexibility index (Phi) is 3.89. The van der Waals surface area contributed by atoms with Crippen LogP contribution in [0.4, 0.5) is 10.2 Å². The first kappa shape index (κ1) is 16.7. The standard InChI is InChI=1S/C16H17ClFN5O2S/c1-26-16-20-11-9-14(22-16)23-4-6-2-3-7(19-6)12(23)8(5-24)25-15(9)21-13(17)10(11)18/h6-8,12,19,24H,2-5H2,1H3. The van der Waals surface area contributed by atoms with Gasteiger partial charge in [-0.25, -0.2) is 14.4 Å². The molecule has 0 saturated carbocycles. The van der Waals surface area contributed by atoms with Gasteiger partial charge in [0.15, 0.2) is 16.1 Å². The molecule has 2 aromatic rings. The Morgan fingerprint density at radius 3 is 3.00 bits per heavy atom. The summed E-state index contributed by atoms with van der Waals surface area (Å²) in [4.78, 5) is 15.2. The number of rotatable bonds is 2. The molecule has 0 aromatic carbocycles. The van der Waals surface area contributed by atoms with Gasteiger partial charge in [0.1, 0.15) is 22.8 Å². The molecular weight excluding hydrogens is 381 g/mol. The minimum atomic E-state index is -0.676. The summed E-state index contributed by atoms with van der Waals surface area (Å²) in [5, 5.41) is 14.2. The van der Waals surface area contributed by atoms with E-state index in [1.807, 2.05) is 6.26 Å². The average molecular weight is 398 g/mol. The molecule has 5 rings (SSSR count). The van der Waals surface area contributed by atoms with Crippen molar-refractivity contribution < 1.29 is 14.2 Å². The van der Waals surface area contributed by atoms with Crippen LogP contribution in [0.1, 0.15) is 12.8 Å². The second-order valence-electron chi connectivity index (χ2n) is 6.81. The van der Waals surface area contributed by atoms with Gasteiger partial charge in [-0.1, -0.05) is 23.4 Å². The Balaban J connectivity index is 1.81. The Morgan fingerprint density at radius 1 is 1.38 bits per heavy atom. The predicted octanol–water partition coefficient (Wildman–Crippen LogP) is 1.60. The van der Waals surface area contributed by atoms with Crippen molar-refractivity contribution in [3.05, 3.63) is 11.0 Å². The molecule has 3 aliphatic rings. The lowest BCUT2D eigenvalue weighted by molar-refractivity contribution is 0.0758. The first-order valence-corrected chi connectivity index (χ1v) is 10.1. The van der Waals surface area contributed by atoms with Crippen LogP contribution in [-0.2, 0) is 0 Å². The molecule has 10 heteroatoms. The number of hydrogen-bond acceptors (Lipinski definition) is 8. The third kappa shape index (κ3) is 2.30. The summed E-state index contributed by atoms with van der Waals surface area (Å²) in [6.45, 7) is 0.531. The van der Waals surface area contributed by atoms with E-state index in [2.05, 4.69) is 25.2 Å². The van der Waals surface area contributed by atoms with Crippen LogP contribution in [0.3, 0.4) is 0 Å². The number of thioether (sulfide) groups is 1. The van der Waals surface area contributed by atoms with E-state index in [1.165, 1.54) is 11.8 Å². The minimum Gasteiger partial charge on any atom is -0.469 e. The van der Waals surface area contributed by atoms with E-state index in [1.54, 1.807) is 0 Å². The molecule has 138 valence electrons. The SMILES string of the molecule is CSc1nc2c3c(nc(Cl)c(F)c3n1)OC(CO)C1C3CCC(CN21)N3. The molecule has 2 saturated heterocycles. The number of nitrogens with one attached hydrogen (secondary N) is 1. The van der Waals surface area contributed by atoms with Gasteiger partial charge in [-0.2, -0.15) is 4.98 Å². The second kappa shape index (κ2) is 6.05. The largest absolute Gasteiger partial charge is 0.469 e. The zero-order valence-electron chi connectivity index (χ0n) is 13.9. The first-order valence-electron chi connectivity index (χ1n) is 8.51. The maximum atomic E-state index is 14.7. The highest BCUT2D eigenvalue weighted by molar-refractivity contribution is 7.98. The predicted molar refractivity (Wildman–Crippen MR) is 96.7 cm³/mol. The normalized spacial score (nSPS) is 29.5. The van der Waals surface area contributed by atoms with E-state index in [9.17, 15) is 9.50 Å². The fraction of sp³-hybridized carbons (Fsp3) is 0.562. The quantitative estimate of drug-likeness (QED) is 0.449. The summed E-state index contributed by atoms with van der Waals surface area (Å²) in [5.74, 6) is 0.111. The summed E-state index contributed by atoms with van der Waals surface area (Å²) < 4.78 is 20.7. The molecule has 4 unspecified atom stereocenters. The molecule has 7 nitrogen and oxygen atoms in total. The number of hydrogen-bond donors (Lipinski definition) is 2. The van der Waals surface area contributed by atoms with Crippen LogP contribution in [0.2, 0.25) is 5.15 Å². The van der Waals surface area contributed by atoms with Crippen molar-refractivity contribution >= 4 is 40.1 Å². The topological polar surface area (TPSA) is 83.4 Å². The van der Waals surface area contributed by atoms with E-state index >= 15 is 0 Å². The van der Waals surface area contributed by atoms with E-state index in [0.29, 0.717) is 28.9 Å². The second-order valence-corrected chi connectivity index (χ2v) is 7.94. The van der Waals surface area contributed by atoms with Crippen LogP contribution >= 0.6 is 23.4 Å². The van der Waals surface area contributed by atoms with Crippen LogP contribution in [0.25, 0.3) is 10.9 Å². The third-order valence-electron chi connectivity index (χ3n) is 5.42. The number of aliphatic hydroxyl groups is 1. The Labute approximate surface area is 158 Å². The molecule has 0 radical (unpaired) electrons. The van der Waals surface area contributed by atoms with E-state index in [0.717, 1.165) is 12.8 Å². The van der Waals surface area contributed by atoms with Crippen LogP contribution in [0.5, 0.6) is 5.88 Å². The fourth-order valence-electron chi connectivity index (χ4n) is 4.35. The Hall–Kier alpha value is -1.42. The highest BCUT2D eigenvalue weighted by Gasteiger charge is 2.48. The molecule has 0 amide bonds. The number of nitrogens with zero attached hydrogens (tertiary/aromatic N) is 4. The minimum absolute atomic E-state index is 0.109. The maximum Gasteiger partial charge on any atom is 0.228 e. The average Bonchev–Trinajstić information content (AvgIpc) is 2.97. The van der Waals surface area contributed by atoms with Crippen LogP contribution in [0.15, 0.2) is 5.16 Å². The number of anilines is 1. The van der Waals surface area contributed by atoms with Crippen LogP contribution in [0, 0.1) is 5.82 Å². The molecule has 4 atom stereocenters. The smallest absolute Gasteiger partial charge is 0.228 e. The molecule has 5 heterocycles. The highest BCUT2D eigenvalue weighted by Crippen LogP contribution is 2.43. The van der Waals surface area contributed by atoms with Crippen LogP contribution in [-0.4, -0.2) is 63.7 Å². The molecule has 0 spiro atoms. The number of fused-ring (bicyclic) bond motifs is 5. The monoisotopic (exact) mass is 397 g/mol. The van der Waals surface area contributed by atoms with Crippen molar-refractivity contribution in [3.63, 3.8) is 0 Å². The lowest BCUT2D eigenvalue weighted by atomic mass is 9.99. The van der Waals surface area contributed by atoms with Gasteiger partial charge in [0, 0.05) is 18.6 Å². The summed E-state index contributed by atoms with van der Waals surface area (Å²) in [6.07, 6.45) is 3.38. The van der Waals surface area contributed by atoms with Crippen molar-refractivity contribution in [2.24, 2.45) is 0 Å². The Bertz CT molecular complexity index is 903. The van der Waals surface area contributed by atoms with E-state index in [-0.39, 0.29) is 35.2 Å². The lowest BCUT2D eigenvalue weighted by Gasteiger charge is -2.43. The summed E-state index contributed by atoms with van der Waals surface area (Å²) >= 11 is 7.32. The van der Waals surface area contributed by atoms with Crippen molar-refractivity contribution in [3.8, 4) is 5.88 Å². The number of piperazine rings is 1. The lowest BCUT2D eigenvalue weighted by Crippen LogP contribution is -2.63. The van der Waals surface area contributed by atoms with Gasteiger partial charge in [0.05, 0.1) is 12.6 Å². The third-order valence-corrected chi connectivity index (χ3v) is 6.21. The highest BCUT2D eigenvalue weighted by atomic mass is 35.5. The van der Waals surface area contributed by atoms with Gasteiger partial charge in [0.25, 0.3) is 0 Å². The van der Waals surface area contributed by atoms with Gasteiger partial charge in [0.2, 0.25) is 5.88 Å². The Morgan fingerprint density at radius 2 is 2.23 bits per heavy atom. The number of ether oxygens (including phenoxy) is 1. The van der Waals surface area contributed by atoms with Crippen LogP contribution < -0.4 is 15.0 Å². The zero-order chi connectivity index (χ0) is 18.0. The van der Waals surface area contributed by atoms with Gasteiger partial charge in [-0.15, -0.1) is 0 Å². The molecule has 3 aliphatic heterocycles. The van der Waals surface area contributed by atoms with Gasteiger partial charge in [-0.05, 0) is 19.1 Å². The number of halogens is 2. The van der Waals surface area contributed by atoms with E-state index < -0.39 is 11.9 Å². The van der Waals surface area contributed by atoms with Gasteiger partial charge >= 0.3 is 0 Å². The molecular formula is C16H17ClFN5O2S. The molecule has 2 N–H and O–H groups in total. The fourth-order valence-corrected chi connectivity index (χ4v) is 4.87. The number of aliphatic hydroxyl groups excluding tert-OH is 1. The zero-order valence-corrected chi connectivity index (χ0v) is 15.5. The molecule has 2 aromatic heterocycles. The molecule has 26 heavy (non-hydrogen) atoms. The van der Waals surface area contributed by atoms with Crippen molar-refractivity contribution in [2.45, 2.75) is 42.2 Å². The van der Waals surface area contributed by atoms with E-state index in [4.69, 9.17) is 16.3 Å². The summed E-state index contributed by atoms with van der Waals surface area (Å²) in [5.41, 5.74) is 0.109. The molecule has 0 aliphatic carbocycles. The van der Waals surface area contributed by atoms with Crippen molar-refractivity contribution in [1.82, 2.24) is 20.3 Å². The van der Waals surface area contributed by atoms with Crippen molar-refractivity contribution in [2.75, 3.05) is 24.3 Å². The molecule has 2 fully saturated rings. The van der Waals surface area contributed by atoms with Crippen molar-refractivity contribution in [1.29, 1.82) is 0 Å². The first-order chi connectivity index (χ1) is 12.6. The van der Waals surface area contributed by atoms with Gasteiger partial charge in [-0.3, -0.25) is 0 Å². The maximum absolute atomic E-state index is 14.7. The number of pyridine rings is 1. The molecule has 2 bridgehead atoms. The summed E-state index contributed by atoms with van der Waals surface area (Å²) in [7, 11) is 0. The number of aromatic nitrogens is 3.